The van der Waals surface area contributed by atoms with Gasteiger partial charge in [0.1, 0.15) is 11.8 Å². The molecule has 0 saturated carbocycles. The van der Waals surface area contributed by atoms with Crippen LogP contribution in [0.25, 0.3) is 11.3 Å². The lowest BCUT2D eigenvalue weighted by Gasteiger charge is -2.05. The van der Waals surface area contributed by atoms with E-state index in [1.807, 2.05) is 31.2 Å². The van der Waals surface area contributed by atoms with E-state index in [2.05, 4.69) is 10.3 Å². The van der Waals surface area contributed by atoms with Crippen molar-refractivity contribution >= 4 is 0 Å². The first kappa shape index (κ1) is 10.6. The van der Waals surface area contributed by atoms with Crippen molar-refractivity contribution < 1.29 is 9.47 Å². The Morgan fingerprint density at radius 3 is 3.00 bits per heavy atom. The molecule has 0 N–H and O–H groups in total. The normalized spacial score (nSPS) is 12.4. The van der Waals surface area contributed by atoms with E-state index in [4.69, 9.17) is 14.7 Å². The molecule has 6 nitrogen and oxygen atoms in total. The van der Waals surface area contributed by atoms with Gasteiger partial charge in [-0.15, -0.1) is 5.10 Å². The van der Waals surface area contributed by atoms with Gasteiger partial charge in [-0.25, -0.2) is 4.68 Å². The van der Waals surface area contributed by atoms with Crippen molar-refractivity contribution in [3.05, 3.63) is 23.9 Å². The average Bonchev–Trinajstić information content (AvgIpc) is 3.03. The maximum absolute atomic E-state index is 9.06. The van der Waals surface area contributed by atoms with Crippen LogP contribution in [0, 0.1) is 11.3 Å². The van der Waals surface area contributed by atoms with Gasteiger partial charge in [0.2, 0.25) is 6.79 Å². The van der Waals surface area contributed by atoms with E-state index in [1.54, 1.807) is 4.68 Å². The van der Waals surface area contributed by atoms with E-state index in [1.165, 1.54) is 0 Å². The van der Waals surface area contributed by atoms with Crippen LogP contribution in [0.4, 0.5) is 0 Å². The minimum atomic E-state index is 0.231. The number of benzene rings is 1. The summed E-state index contributed by atoms with van der Waals surface area (Å²) in [6.45, 7) is 2.83. The molecule has 1 aromatic carbocycles. The average molecular weight is 242 g/mol. The molecule has 0 radical (unpaired) electrons. The molecule has 3 rings (SSSR count). The summed E-state index contributed by atoms with van der Waals surface area (Å²) in [7, 11) is 0. The molecular weight excluding hydrogens is 232 g/mol. The predicted octanol–water partition coefficient (Wildman–Crippen LogP) is 1.57. The minimum Gasteiger partial charge on any atom is -0.454 e. The zero-order valence-corrected chi connectivity index (χ0v) is 9.75. The number of nitrogens with zero attached hydrogens (tertiary/aromatic N) is 4. The Labute approximate surface area is 103 Å². The molecule has 6 heteroatoms. The zero-order valence-electron chi connectivity index (χ0n) is 9.75. The van der Waals surface area contributed by atoms with Crippen LogP contribution in [-0.4, -0.2) is 21.8 Å². The highest BCUT2D eigenvalue weighted by Crippen LogP contribution is 2.36. The van der Waals surface area contributed by atoms with Crippen LogP contribution in [0.3, 0.4) is 0 Å². The fourth-order valence-corrected chi connectivity index (χ4v) is 1.94. The van der Waals surface area contributed by atoms with Crippen molar-refractivity contribution in [2.24, 2.45) is 0 Å². The molecule has 18 heavy (non-hydrogen) atoms. The lowest BCUT2D eigenvalue weighted by atomic mass is 10.1. The number of rotatable bonds is 2. The molecule has 0 bridgehead atoms. The van der Waals surface area contributed by atoms with Crippen LogP contribution in [0.5, 0.6) is 11.5 Å². The molecule has 1 aliphatic rings. The molecule has 2 aromatic rings. The summed E-state index contributed by atoms with van der Waals surface area (Å²) in [6.07, 6.45) is 0. The summed E-state index contributed by atoms with van der Waals surface area (Å²) in [5, 5.41) is 16.9. The lowest BCUT2D eigenvalue weighted by Crippen LogP contribution is -1.99. The number of hydrogen-bond donors (Lipinski definition) is 0. The number of ether oxygens (including phenoxy) is 2. The minimum absolute atomic E-state index is 0.231. The summed E-state index contributed by atoms with van der Waals surface area (Å²) in [4.78, 5) is 0. The largest absolute Gasteiger partial charge is 0.454 e. The molecule has 2 heterocycles. The number of nitriles is 1. The van der Waals surface area contributed by atoms with Gasteiger partial charge in [-0.2, -0.15) is 5.26 Å². The third kappa shape index (κ3) is 1.49. The van der Waals surface area contributed by atoms with Crippen molar-refractivity contribution in [1.29, 1.82) is 5.26 Å². The molecule has 0 aliphatic carbocycles. The second-order valence-corrected chi connectivity index (χ2v) is 3.78. The van der Waals surface area contributed by atoms with E-state index >= 15 is 0 Å². The summed E-state index contributed by atoms with van der Waals surface area (Å²) in [5.41, 5.74) is 1.87. The molecule has 0 fully saturated rings. The molecule has 0 spiro atoms. The third-order valence-electron chi connectivity index (χ3n) is 2.79. The van der Waals surface area contributed by atoms with Gasteiger partial charge in [-0.3, -0.25) is 0 Å². The second-order valence-electron chi connectivity index (χ2n) is 3.78. The van der Waals surface area contributed by atoms with Crippen molar-refractivity contribution in [3.8, 4) is 28.8 Å². The van der Waals surface area contributed by atoms with Crippen LogP contribution in [0.1, 0.15) is 12.6 Å². The fourth-order valence-electron chi connectivity index (χ4n) is 1.94. The van der Waals surface area contributed by atoms with Gasteiger partial charge in [0.25, 0.3) is 0 Å². The number of fused-ring (bicyclic) bond motifs is 1. The smallest absolute Gasteiger partial charge is 0.231 e. The van der Waals surface area contributed by atoms with Gasteiger partial charge in [-0.05, 0) is 25.1 Å². The van der Waals surface area contributed by atoms with Crippen LogP contribution >= 0.6 is 0 Å². The fraction of sp³-hybridized carbons (Fsp3) is 0.250. The Morgan fingerprint density at radius 1 is 1.39 bits per heavy atom. The van der Waals surface area contributed by atoms with Crippen LogP contribution in [0.2, 0.25) is 0 Å². The summed E-state index contributed by atoms with van der Waals surface area (Å²) in [5.74, 6) is 1.40. The van der Waals surface area contributed by atoms with Gasteiger partial charge in [-0.1, -0.05) is 5.21 Å². The standard InChI is InChI=1S/C12H10N4O2/c1-2-16-12(9(6-13)14-15-16)8-3-4-10-11(5-8)18-7-17-10/h3-5H,2,7H2,1H3. The number of hydrogen-bond acceptors (Lipinski definition) is 5. The van der Waals surface area contributed by atoms with Crippen molar-refractivity contribution in [3.63, 3.8) is 0 Å². The summed E-state index contributed by atoms with van der Waals surface area (Å²) in [6, 6.07) is 7.59. The molecule has 0 unspecified atom stereocenters. The monoisotopic (exact) mass is 242 g/mol. The van der Waals surface area contributed by atoms with Gasteiger partial charge in [0.05, 0.1) is 0 Å². The van der Waals surface area contributed by atoms with Crippen LogP contribution < -0.4 is 9.47 Å². The molecule has 0 atom stereocenters. The highest BCUT2D eigenvalue weighted by molar-refractivity contribution is 5.68. The highest BCUT2D eigenvalue weighted by Gasteiger charge is 2.18. The van der Waals surface area contributed by atoms with Gasteiger partial charge < -0.3 is 9.47 Å². The Morgan fingerprint density at radius 2 is 2.22 bits per heavy atom. The van der Waals surface area contributed by atoms with Crippen LogP contribution in [0.15, 0.2) is 18.2 Å². The van der Waals surface area contributed by atoms with E-state index in [9.17, 15) is 0 Å². The number of aromatic nitrogens is 3. The van der Waals surface area contributed by atoms with Gasteiger partial charge in [0.15, 0.2) is 17.2 Å². The summed E-state index contributed by atoms with van der Waals surface area (Å²) >= 11 is 0. The maximum atomic E-state index is 9.06. The molecule has 1 aromatic heterocycles. The maximum Gasteiger partial charge on any atom is 0.231 e. The Hall–Kier alpha value is -2.55. The SMILES string of the molecule is CCn1nnc(C#N)c1-c1ccc2c(c1)OCO2. The van der Waals surface area contributed by atoms with E-state index in [0.29, 0.717) is 29.4 Å². The number of aryl methyl sites for hydroxylation is 1. The first-order valence-electron chi connectivity index (χ1n) is 5.57. The van der Waals surface area contributed by atoms with Crippen molar-refractivity contribution in [1.82, 2.24) is 15.0 Å². The van der Waals surface area contributed by atoms with E-state index < -0.39 is 0 Å². The van der Waals surface area contributed by atoms with Crippen LogP contribution in [-0.2, 0) is 6.54 Å². The zero-order chi connectivity index (χ0) is 12.5. The molecule has 0 amide bonds. The van der Waals surface area contributed by atoms with Crippen molar-refractivity contribution in [2.45, 2.75) is 13.5 Å². The molecule has 0 saturated heterocycles. The summed E-state index contributed by atoms with van der Waals surface area (Å²) < 4.78 is 12.3. The molecule has 90 valence electrons. The topological polar surface area (TPSA) is 73.0 Å². The van der Waals surface area contributed by atoms with E-state index in [-0.39, 0.29) is 6.79 Å². The lowest BCUT2D eigenvalue weighted by molar-refractivity contribution is 0.174. The van der Waals surface area contributed by atoms with Gasteiger partial charge in [0, 0.05) is 12.1 Å². The molecular formula is C12H10N4O2. The Bertz CT molecular complexity index is 642. The predicted molar refractivity (Wildman–Crippen MR) is 62.0 cm³/mol. The van der Waals surface area contributed by atoms with Crippen molar-refractivity contribution in [2.75, 3.05) is 6.79 Å². The third-order valence-corrected chi connectivity index (χ3v) is 2.79. The second kappa shape index (κ2) is 4.04. The van der Waals surface area contributed by atoms with Gasteiger partial charge >= 0.3 is 0 Å². The molecule has 1 aliphatic heterocycles. The first-order valence-corrected chi connectivity index (χ1v) is 5.57. The Balaban J connectivity index is 2.15. The Kier molecular flexibility index (Phi) is 2.38. The highest BCUT2D eigenvalue weighted by atomic mass is 16.7. The quantitative estimate of drug-likeness (QED) is 0.799. The van der Waals surface area contributed by atoms with E-state index in [0.717, 1.165) is 5.56 Å². The first-order chi connectivity index (χ1) is 8.83.